The Morgan fingerprint density at radius 3 is 2.05 bits per heavy atom. The number of Topliss-reactive ketones (excluding diaryl/α,β-unsaturated/α-hetero) is 1. The molecule has 110 valence electrons. The van der Waals surface area contributed by atoms with Crippen molar-refractivity contribution in [3.63, 3.8) is 0 Å². The van der Waals surface area contributed by atoms with Gasteiger partial charge in [-0.15, -0.1) is 0 Å². The van der Waals surface area contributed by atoms with Gasteiger partial charge >= 0.3 is 0 Å². The summed E-state index contributed by atoms with van der Waals surface area (Å²) in [5.74, 6) is 0.280. The normalized spacial score (nSPS) is 17.4. The first-order chi connectivity index (χ1) is 9.31. The molecule has 0 radical (unpaired) electrons. The van der Waals surface area contributed by atoms with Crippen LogP contribution in [0.25, 0.3) is 0 Å². The van der Waals surface area contributed by atoms with Crippen molar-refractivity contribution in [2.45, 2.75) is 47.0 Å². The van der Waals surface area contributed by atoms with Crippen molar-refractivity contribution < 1.29 is 14.3 Å². The molecule has 0 N–H and O–H groups in total. The fourth-order valence-corrected chi connectivity index (χ4v) is 2.32. The molecule has 0 unspecified atom stereocenters. The second kappa shape index (κ2) is 6.69. The summed E-state index contributed by atoms with van der Waals surface area (Å²) < 4.78 is 5.37. The van der Waals surface area contributed by atoms with Crippen LogP contribution in [-0.4, -0.2) is 18.7 Å². The monoisotopic (exact) mass is 276 g/mol. The number of hydrogen-bond acceptors (Lipinski definition) is 3. The van der Waals surface area contributed by atoms with Crippen LogP contribution in [0.1, 0.15) is 47.0 Å². The highest BCUT2D eigenvalue weighted by Crippen LogP contribution is 2.42. The van der Waals surface area contributed by atoms with Gasteiger partial charge in [0.1, 0.15) is 5.76 Å². The van der Waals surface area contributed by atoms with Crippen LogP contribution in [0.4, 0.5) is 0 Å². The molecule has 0 saturated heterocycles. The maximum Gasteiger partial charge on any atom is 0.166 e. The minimum Gasteiger partial charge on any atom is -0.500 e. The van der Waals surface area contributed by atoms with Crippen LogP contribution in [-0.2, 0) is 14.3 Å². The van der Waals surface area contributed by atoms with Gasteiger partial charge in [-0.2, -0.15) is 0 Å². The molecule has 0 heterocycles. The summed E-state index contributed by atoms with van der Waals surface area (Å²) in [6, 6.07) is 0. The van der Waals surface area contributed by atoms with Crippen LogP contribution >= 0.6 is 0 Å². The topological polar surface area (TPSA) is 43.4 Å². The maximum atomic E-state index is 12.5. The Morgan fingerprint density at radius 2 is 1.65 bits per heavy atom. The summed E-state index contributed by atoms with van der Waals surface area (Å²) in [6.07, 6.45) is 6.69. The SMILES string of the molecule is COC1=CC(=O)CC(=O)C1(CC=C(C)C)CC=C(C)C. The lowest BCUT2D eigenvalue weighted by Gasteiger charge is -2.34. The average Bonchev–Trinajstić information content (AvgIpc) is 2.35. The Balaban J connectivity index is 3.28. The third-order valence-corrected chi connectivity index (χ3v) is 3.57. The van der Waals surface area contributed by atoms with E-state index in [1.807, 2.05) is 39.8 Å². The zero-order valence-electron chi connectivity index (χ0n) is 13.1. The van der Waals surface area contributed by atoms with Crippen LogP contribution in [0.2, 0.25) is 0 Å². The molecule has 1 rings (SSSR count). The number of ether oxygens (including phenoxy) is 1. The first-order valence-corrected chi connectivity index (χ1v) is 6.91. The molecule has 1 aliphatic carbocycles. The fraction of sp³-hybridized carbons (Fsp3) is 0.529. The molecular formula is C17H24O3. The second-order valence-electron chi connectivity index (χ2n) is 5.83. The molecule has 0 bridgehead atoms. The molecule has 0 aromatic heterocycles. The van der Waals surface area contributed by atoms with Crippen LogP contribution in [0.5, 0.6) is 0 Å². The van der Waals surface area contributed by atoms with Crippen LogP contribution in [0.3, 0.4) is 0 Å². The number of allylic oxidation sites excluding steroid dienone is 6. The number of hydrogen-bond donors (Lipinski definition) is 0. The van der Waals surface area contributed by atoms with Gasteiger partial charge in [0.15, 0.2) is 11.6 Å². The number of methoxy groups -OCH3 is 1. The van der Waals surface area contributed by atoms with E-state index in [2.05, 4.69) is 0 Å². The van der Waals surface area contributed by atoms with Crippen LogP contribution in [0.15, 0.2) is 35.1 Å². The maximum absolute atomic E-state index is 12.5. The summed E-state index contributed by atoms with van der Waals surface area (Å²) >= 11 is 0. The Hall–Kier alpha value is -1.64. The van der Waals surface area contributed by atoms with Gasteiger partial charge in [-0.25, -0.2) is 0 Å². The highest BCUT2D eigenvalue weighted by Gasteiger charge is 2.44. The molecule has 0 spiro atoms. The molecule has 0 aromatic rings. The van der Waals surface area contributed by atoms with Crippen molar-refractivity contribution in [1.82, 2.24) is 0 Å². The predicted molar refractivity (Wildman–Crippen MR) is 80.3 cm³/mol. The predicted octanol–water partition coefficient (Wildman–Crippen LogP) is 3.76. The molecule has 1 aliphatic rings. The molecule has 0 fully saturated rings. The van der Waals surface area contributed by atoms with E-state index in [4.69, 9.17) is 4.74 Å². The quantitative estimate of drug-likeness (QED) is 0.567. The van der Waals surface area contributed by atoms with E-state index in [9.17, 15) is 9.59 Å². The Bertz CT molecular complexity index is 464. The number of carbonyl (C=O) groups is 2. The fourth-order valence-electron chi connectivity index (χ4n) is 2.32. The number of rotatable bonds is 5. The van der Waals surface area contributed by atoms with Gasteiger partial charge in [-0.05, 0) is 40.5 Å². The van der Waals surface area contributed by atoms with Crippen molar-refractivity contribution in [1.29, 1.82) is 0 Å². The van der Waals surface area contributed by atoms with Crippen molar-refractivity contribution in [3.05, 3.63) is 35.1 Å². The van der Waals surface area contributed by atoms with Crippen LogP contribution < -0.4 is 0 Å². The minimum absolute atomic E-state index is 0.0277. The number of carbonyl (C=O) groups excluding carboxylic acids is 2. The van der Waals surface area contributed by atoms with Crippen molar-refractivity contribution >= 4 is 11.6 Å². The first-order valence-electron chi connectivity index (χ1n) is 6.91. The molecule has 3 heteroatoms. The third kappa shape index (κ3) is 3.69. The molecule has 0 aliphatic heterocycles. The average molecular weight is 276 g/mol. The first kappa shape index (κ1) is 16.4. The summed E-state index contributed by atoms with van der Waals surface area (Å²) in [4.78, 5) is 24.1. The van der Waals surface area contributed by atoms with Crippen molar-refractivity contribution in [3.8, 4) is 0 Å². The van der Waals surface area contributed by atoms with E-state index in [1.54, 1.807) is 0 Å². The Kier molecular flexibility index (Phi) is 5.49. The van der Waals surface area contributed by atoms with Gasteiger partial charge in [0.2, 0.25) is 0 Å². The standard InChI is InChI=1S/C17H24O3/c1-12(2)6-8-17(9-7-13(3)4)15(19)10-14(18)11-16(17)20-5/h6-7,11H,8-10H2,1-5H3. The molecule has 0 amide bonds. The summed E-state index contributed by atoms with van der Waals surface area (Å²) in [5.41, 5.74) is 1.58. The summed E-state index contributed by atoms with van der Waals surface area (Å²) in [7, 11) is 1.53. The Morgan fingerprint density at radius 1 is 1.15 bits per heavy atom. The molecule has 0 aromatic carbocycles. The molecule has 20 heavy (non-hydrogen) atoms. The highest BCUT2D eigenvalue weighted by atomic mass is 16.5. The summed E-state index contributed by atoms with van der Waals surface area (Å²) in [5, 5.41) is 0. The molecule has 0 atom stereocenters. The van der Waals surface area contributed by atoms with E-state index in [1.165, 1.54) is 13.2 Å². The van der Waals surface area contributed by atoms with E-state index >= 15 is 0 Å². The van der Waals surface area contributed by atoms with E-state index in [0.29, 0.717) is 18.6 Å². The highest BCUT2D eigenvalue weighted by molar-refractivity contribution is 6.11. The zero-order chi connectivity index (χ0) is 15.3. The van der Waals surface area contributed by atoms with Gasteiger partial charge < -0.3 is 4.74 Å². The molecule has 3 nitrogen and oxygen atoms in total. The second-order valence-corrected chi connectivity index (χ2v) is 5.83. The van der Waals surface area contributed by atoms with Gasteiger partial charge in [0.05, 0.1) is 18.9 Å². The lowest BCUT2D eigenvalue weighted by Crippen LogP contribution is -2.38. The van der Waals surface area contributed by atoms with Gasteiger partial charge in [-0.1, -0.05) is 23.3 Å². The Labute approximate surface area is 121 Å². The minimum atomic E-state index is -0.725. The van der Waals surface area contributed by atoms with E-state index in [0.717, 1.165) is 11.1 Å². The molecule has 0 saturated carbocycles. The van der Waals surface area contributed by atoms with Gasteiger partial charge in [0, 0.05) is 6.08 Å². The van der Waals surface area contributed by atoms with E-state index in [-0.39, 0.29) is 18.0 Å². The van der Waals surface area contributed by atoms with Crippen molar-refractivity contribution in [2.24, 2.45) is 5.41 Å². The lowest BCUT2D eigenvalue weighted by atomic mass is 9.70. The van der Waals surface area contributed by atoms with E-state index < -0.39 is 5.41 Å². The van der Waals surface area contributed by atoms with Gasteiger partial charge in [0.25, 0.3) is 0 Å². The molecular weight excluding hydrogens is 252 g/mol. The van der Waals surface area contributed by atoms with Crippen LogP contribution in [0, 0.1) is 5.41 Å². The zero-order valence-corrected chi connectivity index (χ0v) is 13.1. The number of ketones is 2. The van der Waals surface area contributed by atoms with Gasteiger partial charge in [-0.3, -0.25) is 9.59 Å². The summed E-state index contributed by atoms with van der Waals surface area (Å²) in [6.45, 7) is 8.01. The van der Waals surface area contributed by atoms with Crippen molar-refractivity contribution in [2.75, 3.05) is 7.11 Å². The third-order valence-electron chi connectivity index (χ3n) is 3.57. The smallest absolute Gasteiger partial charge is 0.166 e. The largest absolute Gasteiger partial charge is 0.500 e. The lowest BCUT2D eigenvalue weighted by molar-refractivity contribution is -0.133.